The molecule has 0 aliphatic rings. The van der Waals surface area contributed by atoms with Gasteiger partial charge in [0.25, 0.3) is 5.91 Å². The second kappa shape index (κ2) is 4.38. The zero-order valence-corrected chi connectivity index (χ0v) is 9.17. The van der Waals surface area contributed by atoms with E-state index in [2.05, 4.69) is 10.3 Å². The first-order valence-electron chi connectivity index (χ1n) is 4.79. The van der Waals surface area contributed by atoms with Gasteiger partial charge in [0.1, 0.15) is 5.69 Å². The summed E-state index contributed by atoms with van der Waals surface area (Å²) in [6, 6.07) is 4.16. The SMILES string of the molecule is CC(C)(C)CNC(=O)c1cccc(F)n1. The van der Waals surface area contributed by atoms with E-state index in [1.165, 1.54) is 18.2 Å². The zero-order valence-electron chi connectivity index (χ0n) is 9.17. The molecule has 1 aromatic heterocycles. The molecule has 0 aliphatic carbocycles. The molecule has 0 spiro atoms. The van der Waals surface area contributed by atoms with E-state index in [1.807, 2.05) is 20.8 Å². The number of carbonyl (C=O) groups excluding carboxylic acids is 1. The highest BCUT2D eigenvalue weighted by atomic mass is 19.1. The van der Waals surface area contributed by atoms with Crippen LogP contribution in [0.25, 0.3) is 0 Å². The van der Waals surface area contributed by atoms with Gasteiger partial charge in [0, 0.05) is 6.54 Å². The number of pyridine rings is 1. The van der Waals surface area contributed by atoms with Crippen LogP contribution >= 0.6 is 0 Å². The molecule has 82 valence electrons. The van der Waals surface area contributed by atoms with Crippen LogP contribution in [-0.4, -0.2) is 17.4 Å². The number of carbonyl (C=O) groups is 1. The molecule has 0 saturated heterocycles. The third kappa shape index (κ3) is 4.06. The van der Waals surface area contributed by atoms with Crippen molar-refractivity contribution in [2.24, 2.45) is 5.41 Å². The van der Waals surface area contributed by atoms with Crippen LogP contribution in [0.3, 0.4) is 0 Å². The molecule has 0 unspecified atom stereocenters. The predicted octanol–water partition coefficient (Wildman–Crippen LogP) is 2.00. The average Bonchev–Trinajstić information content (AvgIpc) is 2.13. The maximum absolute atomic E-state index is 12.7. The van der Waals surface area contributed by atoms with Crippen molar-refractivity contribution in [1.29, 1.82) is 0 Å². The lowest BCUT2D eigenvalue weighted by molar-refractivity contribution is 0.0933. The summed E-state index contributed by atoms with van der Waals surface area (Å²) < 4.78 is 12.7. The van der Waals surface area contributed by atoms with Crippen molar-refractivity contribution in [2.75, 3.05) is 6.54 Å². The van der Waals surface area contributed by atoms with Gasteiger partial charge in [-0.1, -0.05) is 26.8 Å². The molecular weight excluding hydrogens is 195 g/mol. The van der Waals surface area contributed by atoms with E-state index in [0.29, 0.717) is 6.54 Å². The van der Waals surface area contributed by atoms with E-state index in [9.17, 15) is 9.18 Å². The molecule has 1 heterocycles. The van der Waals surface area contributed by atoms with Gasteiger partial charge in [0.15, 0.2) is 0 Å². The maximum atomic E-state index is 12.7. The Hall–Kier alpha value is -1.45. The maximum Gasteiger partial charge on any atom is 0.270 e. The van der Waals surface area contributed by atoms with E-state index >= 15 is 0 Å². The molecule has 0 radical (unpaired) electrons. The minimum absolute atomic E-state index is 0.00296. The van der Waals surface area contributed by atoms with Gasteiger partial charge in [-0.05, 0) is 17.5 Å². The van der Waals surface area contributed by atoms with Crippen LogP contribution in [0, 0.1) is 11.4 Å². The Bertz CT molecular complexity index is 358. The van der Waals surface area contributed by atoms with E-state index < -0.39 is 5.95 Å². The summed E-state index contributed by atoms with van der Waals surface area (Å²) in [5, 5.41) is 2.70. The van der Waals surface area contributed by atoms with Gasteiger partial charge >= 0.3 is 0 Å². The molecule has 1 rings (SSSR count). The molecule has 3 nitrogen and oxygen atoms in total. The number of nitrogens with zero attached hydrogens (tertiary/aromatic N) is 1. The van der Waals surface area contributed by atoms with E-state index in [-0.39, 0.29) is 17.0 Å². The average molecular weight is 210 g/mol. The Morgan fingerprint density at radius 2 is 2.13 bits per heavy atom. The normalized spacial score (nSPS) is 11.2. The van der Waals surface area contributed by atoms with Crippen molar-refractivity contribution in [1.82, 2.24) is 10.3 Å². The van der Waals surface area contributed by atoms with Crippen molar-refractivity contribution in [3.63, 3.8) is 0 Å². The van der Waals surface area contributed by atoms with Crippen molar-refractivity contribution < 1.29 is 9.18 Å². The quantitative estimate of drug-likeness (QED) is 0.758. The second-order valence-electron chi connectivity index (χ2n) is 4.59. The molecule has 1 aromatic rings. The van der Waals surface area contributed by atoms with Crippen molar-refractivity contribution >= 4 is 5.91 Å². The predicted molar refractivity (Wildman–Crippen MR) is 56.0 cm³/mol. The molecule has 4 heteroatoms. The van der Waals surface area contributed by atoms with Gasteiger partial charge < -0.3 is 5.32 Å². The highest BCUT2D eigenvalue weighted by Crippen LogP contribution is 2.10. The lowest BCUT2D eigenvalue weighted by atomic mass is 9.97. The van der Waals surface area contributed by atoms with Crippen molar-refractivity contribution in [3.8, 4) is 0 Å². The van der Waals surface area contributed by atoms with Crippen LogP contribution in [0.5, 0.6) is 0 Å². The number of hydrogen-bond donors (Lipinski definition) is 1. The Morgan fingerprint density at radius 3 is 2.67 bits per heavy atom. The molecule has 0 bridgehead atoms. The lowest BCUT2D eigenvalue weighted by Crippen LogP contribution is -2.32. The monoisotopic (exact) mass is 210 g/mol. The highest BCUT2D eigenvalue weighted by Gasteiger charge is 2.13. The van der Waals surface area contributed by atoms with Gasteiger partial charge in [0.2, 0.25) is 5.95 Å². The van der Waals surface area contributed by atoms with E-state index in [1.54, 1.807) is 0 Å². The summed E-state index contributed by atoms with van der Waals surface area (Å²) in [5.41, 5.74) is 0.113. The number of aromatic nitrogens is 1. The lowest BCUT2D eigenvalue weighted by Gasteiger charge is -2.18. The second-order valence-corrected chi connectivity index (χ2v) is 4.59. The van der Waals surface area contributed by atoms with Crippen molar-refractivity contribution in [2.45, 2.75) is 20.8 Å². The molecule has 0 aliphatic heterocycles. The summed E-state index contributed by atoms with van der Waals surface area (Å²) in [6.07, 6.45) is 0. The number of halogens is 1. The molecule has 1 amide bonds. The van der Waals surface area contributed by atoms with Gasteiger partial charge in [0.05, 0.1) is 0 Å². The standard InChI is InChI=1S/C11H15FN2O/c1-11(2,3)7-13-10(15)8-5-4-6-9(12)14-8/h4-6H,7H2,1-3H3,(H,13,15). The zero-order chi connectivity index (χ0) is 11.5. The Kier molecular flexibility index (Phi) is 3.39. The van der Waals surface area contributed by atoms with Crippen LogP contribution < -0.4 is 5.32 Å². The summed E-state index contributed by atoms with van der Waals surface area (Å²) >= 11 is 0. The fraction of sp³-hybridized carbons (Fsp3) is 0.455. The van der Waals surface area contributed by atoms with Crippen molar-refractivity contribution in [3.05, 3.63) is 29.8 Å². The highest BCUT2D eigenvalue weighted by molar-refractivity contribution is 5.92. The number of nitrogens with one attached hydrogen (secondary N) is 1. The fourth-order valence-corrected chi connectivity index (χ4v) is 0.971. The summed E-state index contributed by atoms with van der Waals surface area (Å²) in [5.74, 6) is -0.983. The molecule has 1 N–H and O–H groups in total. The van der Waals surface area contributed by atoms with Gasteiger partial charge in [-0.3, -0.25) is 4.79 Å². The van der Waals surface area contributed by atoms with E-state index in [0.717, 1.165) is 0 Å². The first kappa shape index (κ1) is 11.6. The topological polar surface area (TPSA) is 42.0 Å². The molecule has 0 fully saturated rings. The van der Waals surface area contributed by atoms with Crippen LogP contribution in [-0.2, 0) is 0 Å². The van der Waals surface area contributed by atoms with Gasteiger partial charge in [-0.25, -0.2) is 4.98 Å². The molecule has 15 heavy (non-hydrogen) atoms. The third-order valence-corrected chi connectivity index (χ3v) is 1.73. The van der Waals surface area contributed by atoms with Crippen LogP contribution in [0.15, 0.2) is 18.2 Å². The van der Waals surface area contributed by atoms with Gasteiger partial charge in [-0.2, -0.15) is 4.39 Å². The van der Waals surface area contributed by atoms with Crippen LogP contribution in [0.2, 0.25) is 0 Å². The first-order chi connectivity index (χ1) is 6.88. The first-order valence-corrected chi connectivity index (χ1v) is 4.79. The minimum atomic E-state index is -0.640. The fourth-order valence-electron chi connectivity index (χ4n) is 0.971. The molecule has 0 saturated carbocycles. The molecular formula is C11H15FN2O. The largest absolute Gasteiger partial charge is 0.350 e. The Balaban J connectivity index is 2.62. The van der Waals surface area contributed by atoms with E-state index in [4.69, 9.17) is 0 Å². The Labute approximate surface area is 88.7 Å². The smallest absolute Gasteiger partial charge is 0.270 e. The summed E-state index contributed by atoms with van der Waals surface area (Å²) in [6.45, 7) is 6.55. The molecule has 0 atom stereocenters. The Morgan fingerprint density at radius 1 is 1.47 bits per heavy atom. The number of hydrogen-bond acceptors (Lipinski definition) is 2. The third-order valence-electron chi connectivity index (χ3n) is 1.73. The molecule has 0 aromatic carbocycles. The summed E-state index contributed by atoms with van der Waals surface area (Å²) in [4.78, 5) is 15.0. The van der Waals surface area contributed by atoms with Crippen LogP contribution in [0.1, 0.15) is 31.3 Å². The van der Waals surface area contributed by atoms with Gasteiger partial charge in [-0.15, -0.1) is 0 Å². The minimum Gasteiger partial charge on any atom is -0.350 e. The number of rotatable bonds is 2. The van der Waals surface area contributed by atoms with Crippen LogP contribution in [0.4, 0.5) is 4.39 Å². The summed E-state index contributed by atoms with van der Waals surface area (Å²) in [7, 11) is 0. The number of amides is 1.